The zero-order chi connectivity index (χ0) is 42.0. The van der Waals surface area contributed by atoms with Crippen molar-refractivity contribution >= 4 is 70.7 Å². The number of carbonyl (C=O) groups is 7. The van der Waals surface area contributed by atoms with Crippen LogP contribution in [0.1, 0.15) is 35.8 Å². The first-order valence-corrected chi connectivity index (χ1v) is 19.1. The number of benzene rings is 2. The highest BCUT2D eigenvalue weighted by molar-refractivity contribution is 8.01. The van der Waals surface area contributed by atoms with Crippen molar-refractivity contribution in [2.45, 2.75) is 49.0 Å². The third-order valence-corrected chi connectivity index (χ3v) is 11.3. The Balaban J connectivity index is 1.30. The van der Waals surface area contributed by atoms with Crippen LogP contribution in [0.2, 0.25) is 0 Å². The van der Waals surface area contributed by atoms with Crippen molar-refractivity contribution in [3.63, 3.8) is 0 Å². The van der Waals surface area contributed by atoms with Crippen molar-refractivity contribution in [2.75, 3.05) is 16.4 Å². The van der Waals surface area contributed by atoms with Gasteiger partial charge in [-0.3, -0.25) is 43.4 Å². The summed E-state index contributed by atoms with van der Waals surface area (Å²) in [4.78, 5) is 114. The molecular weight excluding hydrogens is 799 g/mol. The number of nitrogens with zero attached hydrogens (tertiary/aromatic N) is 8. The molecule has 2 aliphatic heterocycles. The van der Waals surface area contributed by atoms with Crippen molar-refractivity contribution in [2.24, 2.45) is 11.5 Å². The average molecular weight is 832 g/mol. The van der Waals surface area contributed by atoms with E-state index >= 15 is 0 Å². The maximum atomic E-state index is 14.3. The number of imide groups is 2. The Hall–Kier alpha value is -6.56. The molecule has 300 valence electrons. The number of anilines is 1. The SMILES string of the molecule is CC(=O)N(C(=O)[C@@H](C)N)c1ccc(-c2ncc(C(=O)N(C(=O)C(N)c3ccccc3)C3C(=O)N4C(C(=O)O)=C(CSc5nnnn5CC(=O)O)CS[C@@H]34)c(=O)[nH]2)cc1. The lowest BCUT2D eigenvalue weighted by Gasteiger charge is -2.52. The summed E-state index contributed by atoms with van der Waals surface area (Å²) in [5.41, 5.74) is 11.1. The molecule has 7 N–H and O–H groups in total. The molecule has 2 aromatic heterocycles. The zero-order valence-corrected chi connectivity index (χ0v) is 32.0. The monoisotopic (exact) mass is 831 g/mol. The molecule has 4 aromatic rings. The lowest BCUT2D eigenvalue weighted by molar-refractivity contribution is -0.157. The van der Waals surface area contributed by atoms with Gasteiger partial charge in [0.15, 0.2) is 0 Å². The summed E-state index contributed by atoms with van der Waals surface area (Å²) in [6.07, 6.45) is 0.922. The molecule has 0 spiro atoms. The van der Waals surface area contributed by atoms with Crippen LogP contribution in [0.15, 0.2) is 82.0 Å². The van der Waals surface area contributed by atoms with Gasteiger partial charge in [-0.25, -0.2) is 19.4 Å². The number of hydrogen-bond donors (Lipinski definition) is 5. The topological polar surface area (TPSA) is 311 Å². The number of nitrogens with one attached hydrogen (secondary N) is 1. The van der Waals surface area contributed by atoms with Crippen LogP contribution >= 0.6 is 23.5 Å². The Bertz CT molecular complexity index is 2420. The molecule has 4 heterocycles. The number of carboxylic acid groups (broad SMARTS) is 2. The Morgan fingerprint density at radius 1 is 1.02 bits per heavy atom. The molecule has 2 aromatic carbocycles. The molecule has 2 unspecified atom stereocenters. The molecule has 58 heavy (non-hydrogen) atoms. The van der Waals surface area contributed by atoms with E-state index in [1.54, 1.807) is 18.2 Å². The van der Waals surface area contributed by atoms with Crippen molar-refractivity contribution in [1.29, 1.82) is 0 Å². The van der Waals surface area contributed by atoms with Gasteiger partial charge >= 0.3 is 11.9 Å². The fourth-order valence-electron chi connectivity index (χ4n) is 6.13. The van der Waals surface area contributed by atoms with E-state index in [9.17, 15) is 43.5 Å². The van der Waals surface area contributed by atoms with Crippen molar-refractivity contribution in [3.05, 3.63) is 93.5 Å². The minimum absolute atomic E-state index is 0.0141. The standard InChI is InChI=1S/C35H33N11O10S2/c1-16(36)29(51)44(17(2)47)21-10-8-19(9-11-21)27-38-12-22(28(50)39-27)30(52)45(31(53)24(37)18-6-4-3-5-7-18)26-32(54)46-25(34(55)56)20(14-57-33(26)46)15-58-35-40-41-42-43(35)13-23(48)49/h3-12,16,24,26,33H,13-15,36-37H2,1-2H3,(H,48,49)(H,55,56)(H,38,39,50)/t16-,24?,26?,33+/m1/s1. The fourth-order valence-corrected chi connectivity index (χ4v) is 8.54. The van der Waals surface area contributed by atoms with Gasteiger partial charge in [-0.2, -0.15) is 0 Å². The van der Waals surface area contributed by atoms with Crippen LogP contribution in [0.25, 0.3) is 11.4 Å². The van der Waals surface area contributed by atoms with Crippen molar-refractivity contribution < 1.29 is 43.8 Å². The van der Waals surface area contributed by atoms with Crippen LogP contribution in [-0.2, 0) is 35.3 Å². The minimum atomic E-state index is -1.58. The zero-order valence-electron chi connectivity index (χ0n) is 30.4. The molecular formula is C35H33N11O10S2. The van der Waals surface area contributed by atoms with Crippen LogP contribution in [0.5, 0.6) is 0 Å². The predicted molar refractivity (Wildman–Crippen MR) is 204 cm³/mol. The molecule has 0 radical (unpaired) electrons. The molecule has 1 fully saturated rings. The molecule has 21 nitrogen and oxygen atoms in total. The average Bonchev–Trinajstić information content (AvgIpc) is 3.64. The second kappa shape index (κ2) is 16.9. The van der Waals surface area contributed by atoms with Crippen LogP contribution in [0.4, 0.5) is 5.69 Å². The summed E-state index contributed by atoms with van der Waals surface area (Å²) >= 11 is 2.01. The Morgan fingerprint density at radius 3 is 2.31 bits per heavy atom. The first-order chi connectivity index (χ1) is 27.6. The maximum absolute atomic E-state index is 14.3. The number of H-pyrrole nitrogens is 1. The number of nitrogens with two attached hydrogens (primary N) is 2. The number of fused-ring (bicyclic) bond motifs is 1. The highest BCUT2D eigenvalue weighted by atomic mass is 32.2. The summed E-state index contributed by atoms with van der Waals surface area (Å²) in [5, 5.41) is 29.2. The number of hydrogen-bond acceptors (Lipinski definition) is 16. The number of rotatable bonds is 13. The number of thioether (sulfide) groups is 2. The predicted octanol–water partition coefficient (Wildman–Crippen LogP) is -0.182. The van der Waals surface area contributed by atoms with Gasteiger partial charge in [-0.15, -0.1) is 16.9 Å². The number of β-lactam (4-membered cyclic amide) rings is 1. The largest absolute Gasteiger partial charge is 0.480 e. The number of tetrazole rings is 1. The number of aromatic nitrogens is 6. The second-order valence-corrected chi connectivity index (χ2v) is 14.9. The minimum Gasteiger partial charge on any atom is -0.480 e. The second-order valence-electron chi connectivity index (χ2n) is 12.8. The van der Waals surface area contributed by atoms with E-state index < -0.39 is 88.3 Å². The molecule has 0 saturated carbocycles. The lowest BCUT2D eigenvalue weighted by atomic mass is 9.98. The van der Waals surface area contributed by atoms with E-state index in [2.05, 4.69) is 25.5 Å². The first kappa shape index (κ1) is 41.1. The van der Waals surface area contributed by atoms with E-state index in [4.69, 9.17) is 16.6 Å². The summed E-state index contributed by atoms with van der Waals surface area (Å²) in [6.45, 7) is 2.09. The van der Waals surface area contributed by atoms with Gasteiger partial charge in [-0.1, -0.05) is 42.1 Å². The number of carboxylic acids is 2. The molecule has 23 heteroatoms. The van der Waals surface area contributed by atoms with Gasteiger partial charge in [0, 0.05) is 30.2 Å². The molecule has 2 aliphatic rings. The quantitative estimate of drug-likeness (QED) is 0.0862. The van der Waals surface area contributed by atoms with Crippen LogP contribution in [-0.4, -0.2) is 121 Å². The van der Waals surface area contributed by atoms with Crippen LogP contribution in [0, 0.1) is 0 Å². The van der Waals surface area contributed by atoms with E-state index in [0.29, 0.717) is 10.5 Å². The van der Waals surface area contributed by atoms with Gasteiger partial charge in [-0.05, 0) is 52.8 Å². The fraction of sp³-hybridized carbons (Fsp3) is 0.257. The molecule has 4 atom stereocenters. The highest BCUT2D eigenvalue weighted by Gasteiger charge is 2.59. The van der Waals surface area contributed by atoms with E-state index in [0.717, 1.165) is 44.2 Å². The summed E-state index contributed by atoms with van der Waals surface area (Å²) in [7, 11) is 0. The number of aliphatic carboxylic acids is 2. The van der Waals surface area contributed by atoms with E-state index in [1.165, 1.54) is 50.2 Å². The normalized spacial score (nSPS) is 17.1. The molecule has 5 amide bonds. The van der Waals surface area contributed by atoms with Gasteiger partial charge in [0.2, 0.25) is 17.0 Å². The molecule has 0 bridgehead atoms. The number of aromatic amines is 1. The van der Waals surface area contributed by atoms with E-state index in [1.807, 2.05) is 0 Å². The van der Waals surface area contributed by atoms with Gasteiger partial charge in [0.1, 0.15) is 41.1 Å². The number of amides is 5. The van der Waals surface area contributed by atoms with E-state index in [-0.39, 0.29) is 39.3 Å². The molecule has 0 aliphatic carbocycles. The Labute approximate surface area is 335 Å². The maximum Gasteiger partial charge on any atom is 0.352 e. The van der Waals surface area contributed by atoms with Gasteiger partial charge in [0.05, 0.1) is 11.7 Å². The summed E-state index contributed by atoms with van der Waals surface area (Å²) in [6, 6.07) is 9.75. The van der Waals surface area contributed by atoms with Gasteiger partial charge < -0.3 is 26.7 Å². The Kier molecular flexibility index (Phi) is 12.0. The third kappa shape index (κ3) is 8.00. The van der Waals surface area contributed by atoms with Crippen LogP contribution in [0.3, 0.4) is 0 Å². The highest BCUT2D eigenvalue weighted by Crippen LogP contribution is 2.44. The number of carbonyl (C=O) groups excluding carboxylic acids is 5. The third-order valence-electron chi connectivity index (χ3n) is 8.89. The van der Waals surface area contributed by atoms with Crippen molar-refractivity contribution in [1.82, 2.24) is 40.0 Å². The Morgan fingerprint density at radius 2 is 1.71 bits per heavy atom. The summed E-state index contributed by atoms with van der Waals surface area (Å²) < 4.78 is 1.01. The van der Waals surface area contributed by atoms with Gasteiger partial charge in [0.25, 0.3) is 23.3 Å². The van der Waals surface area contributed by atoms with Crippen LogP contribution < -0.4 is 21.9 Å². The molecule has 6 rings (SSSR count). The van der Waals surface area contributed by atoms with Crippen molar-refractivity contribution in [3.8, 4) is 11.4 Å². The first-order valence-electron chi connectivity index (χ1n) is 17.1. The summed E-state index contributed by atoms with van der Waals surface area (Å²) in [5.74, 6) is -7.13. The molecule has 1 saturated heterocycles. The lowest BCUT2D eigenvalue weighted by Crippen LogP contribution is -2.73. The smallest absolute Gasteiger partial charge is 0.352 e.